The molecule has 13 heavy (non-hydrogen) atoms. The van der Waals surface area contributed by atoms with Crippen LogP contribution in [0.2, 0.25) is 5.02 Å². The number of aromatic carboxylic acids is 1. The lowest BCUT2D eigenvalue weighted by atomic mass is 9.83. The second kappa shape index (κ2) is 3.03. The van der Waals surface area contributed by atoms with Gasteiger partial charge in [-0.15, -0.1) is 0 Å². The average molecular weight is 202 g/mol. The van der Waals surface area contributed by atoms with E-state index in [1.807, 2.05) is 0 Å². The highest BCUT2D eigenvalue weighted by Gasteiger charge is 2.29. The van der Waals surface area contributed by atoms with Crippen LogP contribution in [0.5, 0.6) is 0 Å². The predicted octanol–water partition coefficient (Wildman–Crippen LogP) is 2.29. The third kappa shape index (κ3) is 1.31. The molecule has 70 valence electrons. The summed E-state index contributed by atoms with van der Waals surface area (Å²) in [5.74, 6) is -0.335. The molecule has 0 amide bonds. The molecule has 1 aliphatic rings. The molecule has 1 aromatic heterocycles. The first-order valence-corrected chi connectivity index (χ1v) is 4.46. The third-order valence-electron chi connectivity index (χ3n) is 2.34. The van der Waals surface area contributed by atoms with Crippen molar-refractivity contribution in [2.24, 2.45) is 0 Å². The minimum Gasteiger partial charge on any atom is -0.476 e. The number of carboxylic acid groups (broad SMARTS) is 1. The van der Waals surface area contributed by atoms with E-state index in [-0.39, 0.29) is 16.6 Å². The Labute approximate surface area is 79.5 Å². The maximum absolute atomic E-state index is 10.6. The van der Waals surface area contributed by atoms with Crippen molar-refractivity contribution in [1.29, 1.82) is 0 Å². The zero-order valence-electron chi connectivity index (χ0n) is 6.79. The molecular formula is C8H8ClNO3. The van der Waals surface area contributed by atoms with Crippen molar-refractivity contribution in [3.8, 4) is 0 Å². The third-order valence-corrected chi connectivity index (χ3v) is 2.70. The van der Waals surface area contributed by atoms with Crippen LogP contribution < -0.4 is 0 Å². The number of hydrogen-bond donors (Lipinski definition) is 1. The second-order valence-electron chi connectivity index (χ2n) is 3.14. The number of halogens is 1. The van der Waals surface area contributed by atoms with Crippen LogP contribution in [-0.2, 0) is 0 Å². The molecule has 0 radical (unpaired) electrons. The van der Waals surface area contributed by atoms with Crippen molar-refractivity contribution in [3.05, 3.63) is 16.5 Å². The highest BCUT2D eigenvalue weighted by molar-refractivity contribution is 6.33. The molecule has 0 bridgehead atoms. The lowest BCUT2D eigenvalue weighted by Crippen LogP contribution is -2.08. The van der Waals surface area contributed by atoms with Gasteiger partial charge in [0, 0.05) is 5.92 Å². The molecule has 1 aliphatic carbocycles. The van der Waals surface area contributed by atoms with E-state index >= 15 is 0 Å². The molecule has 0 aromatic carbocycles. The summed E-state index contributed by atoms with van der Waals surface area (Å²) < 4.78 is 4.90. The summed E-state index contributed by atoms with van der Waals surface area (Å²) in [5.41, 5.74) is -0.177. The fraction of sp³-hybridized carbons (Fsp3) is 0.500. The van der Waals surface area contributed by atoms with Crippen molar-refractivity contribution in [3.63, 3.8) is 0 Å². The van der Waals surface area contributed by atoms with Gasteiger partial charge in [0.05, 0.1) is 0 Å². The van der Waals surface area contributed by atoms with E-state index in [4.69, 9.17) is 21.2 Å². The topological polar surface area (TPSA) is 63.3 Å². The van der Waals surface area contributed by atoms with Gasteiger partial charge in [0.2, 0.25) is 5.69 Å². The maximum Gasteiger partial charge on any atom is 0.359 e. The molecule has 1 heterocycles. The standard InChI is InChI=1S/C8H8ClNO3/c9-5-6(8(11)12)10-13-7(5)4-2-1-3-4/h4H,1-3H2,(H,11,12). The number of carboxylic acids is 1. The summed E-state index contributed by atoms with van der Waals surface area (Å²) in [6, 6.07) is 0. The van der Waals surface area contributed by atoms with Crippen LogP contribution in [0, 0.1) is 0 Å². The quantitative estimate of drug-likeness (QED) is 0.798. The molecule has 1 aromatic rings. The van der Waals surface area contributed by atoms with Crippen molar-refractivity contribution in [2.45, 2.75) is 25.2 Å². The van der Waals surface area contributed by atoms with Crippen LogP contribution in [0.3, 0.4) is 0 Å². The van der Waals surface area contributed by atoms with E-state index in [1.165, 1.54) is 0 Å². The first kappa shape index (κ1) is 8.56. The Morgan fingerprint density at radius 1 is 1.62 bits per heavy atom. The minimum absolute atomic E-state index is 0.164. The van der Waals surface area contributed by atoms with Crippen LogP contribution >= 0.6 is 11.6 Å². The zero-order valence-corrected chi connectivity index (χ0v) is 7.54. The summed E-state index contributed by atoms with van der Waals surface area (Å²) >= 11 is 5.79. The van der Waals surface area contributed by atoms with Crippen molar-refractivity contribution in [1.82, 2.24) is 5.16 Å². The maximum atomic E-state index is 10.6. The highest BCUT2D eigenvalue weighted by Crippen LogP contribution is 2.40. The Balaban J connectivity index is 2.32. The highest BCUT2D eigenvalue weighted by atomic mass is 35.5. The lowest BCUT2D eigenvalue weighted by Gasteiger charge is -2.22. The summed E-state index contributed by atoms with van der Waals surface area (Å²) in [5, 5.41) is 12.2. The fourth-order valence-corrected chi connectivity index (χ4v) is 1.65. The van der Waals surface area contributed by atoms with Crippen LogP contribution in [-0.4, -0.2) is 16.2 Å². The zero-order chi connectivity index (χ0) is 9.42. The Bertz CT molecular complexity index is 343. The van der Waals surface area contributed by atoms with Gasteiger partial charge < -0.3 is 9.63 Å². The van der Waals surface area contributed by atoms with Crippen molar-refractivity contribution in [2.75, 3.05) is 0 Å². The van der Waals surface area contributed by atoms with Gasteiger partial charge >= 0.3 is 5.97 Å². The van der Waals surface area contributed by atoms with Gasteiger partial charge in [0.25, 0.3) is 0 Å². The Kier molecular flexibility index (Phi) is 2.00. The monoisotopic (exact) mass is 201 g/mol. The van der Waals surface area contributed by atoms with E-state index in [2.05, 4.69) is 5.16 Å². The molecule has 1 saturated carbocycles. The number of nitrogens with zero attached hydrogens (tertiary/aromatic N) is 1. The van der Waals surface area contributed by atoms with Gasteiger partial charge in [-0.2, -0.15) is 0 Å². The van der Waals surface area contributed by atoms with E-state index in [9.17, 15) is 4.79 Å². The lowest BCUT2D eigenvalue weighted by molar-refractivity contribution is 0.0685. The van der Waals surface area contributed by atoms with Gasteiger partial charge in [-0.25, -0.2) is 4.79 Å². The molecule has 5 heteroatoms. The SMILES string of the molecule is O=C(O)c1noc(C2CCC2)c1Cl. The number of hydrogen-bond acceptors (Lipinski definition) is 3. The largest absolute Gasteiger partial charge is 0.476 e. The van der Waals surface area contributed by atoms with E-state index in [1.54, 1.807) is 0 Å². The fourth-order valence-electron chi connectivity index (χ4n) is 1.35. The van der Waals surface area contributed by atoms with E-state index in [0.29, 0.717) is 5.76 Å². The summed E-state index contributed by atoms with van der Waals surface area (Å²) in [6.45, 7) is 0. The molecule has 2 rings (SSSR count). The Morgan fingerprint density at radius 2 is 2.31 bits per heavy atom. The van der Waals surface area contributed by atoms with Gasteiger partial charge in [-0.05, 0) is 12.8 Å². The molecule has 4 nitrogen and oxygen atoms in total. The van der Waals surface area contributed by atoms with Crippen molar-refractivity contribution >= 4 is 17.6 Å². The van der Waals surface area contributed by atoms with Gasteiger partial charge in [-0.3, -0.25) is 0 Å². The van der Waals surface area contributed by atoms with Gasteiger partial charge in [0.1, 0.15) is 5.02 Å². The van der Waals surface area contributed by atoms with E-state index < -0.39 is 5.97 Å². The molecule has 0 aliphatic heterocycles. The van der Waals surface area contributed by atoms with Gasteiger partial charge in [-0.1, -0.05) is 23.2 Å². The first-order chi connectivity index (χ1) is 6.20. The number of rotatable bonds is 2. The summed E-state index contributed by atoms with van der Waals surface area (Å²) in [6.07, 6.45) is 3.16. The molecule has 1 fully saturated rings. The molecule has 0 unspecified atom stereocenters. The van der Waals surface area contributed by atoms with Crippen LogP contribution in [0.4, 0.5) is 0 Å². The molecule has 1 N–H and O–H groups in total. The summed E-state index contributed by atoms with van der Waals surface area (Å²) in [4.78, 5) is 10.6. The average Bonchev–Trinajstić information content (AvgIpc) is 2.29. The number of aromatic nitrogens is 1. The molecular weight excluding hydrogens is 194 g/mol. The van der Waals surface area contributed by atoms with Crippen LogP contribution in [0.15, 0.2) is 4.52 Å². The molecule has 0 spiro atoms. The summed E-state index contributed by atoms with van der Waals surface area (Å²) in [7, 11) is 0. The smallest absolute Gasteiger partial charge is 0.359 e. The minimum atomic E-state index is -1.14. The van der Waals surface area contributed by atoms with E-state index in [0.717, 1.165) is 19.3 Å². The van der Waals surface area contributed by atoms with Crippen molar-refractivity contribution < 1.29 is 14.4 Å². The Morgan fingerprint density at radius 3 is 2.69 bits per heavy atom. The number of carbonyl (C=O) groups is 1. The Hall–Kier alpha value is -1.03. The predicted molar refractivity (Wildman–Crippen MR) is 45.1 cm³/mol. The van der Waals surface area contributed by atoms with Gasteiger partial charge in [0.15, 0.2) is 5.76 Å². The molecule has 0 atom stereocenters. The normalized spacial score (nSPS) is 17.0. The van der Waals surface area contributed by atoms with Crippen LogP contribution in [0.1, 0.15) is 41.4 Å². The van der Waals surface area contributed by atoms with Crippen LogP contribution in [0.25, 0.3) is 0 Å². The first-order valence-electron chi connectivity index (χ1n) is 4.08. The second-order valence-corrected chi connectivity index (χ2v) is 3.52. The molecule has 0 saturated heterocycles.